The van der Waals surface area contributed by atoms with E-state index in [-0.39, 0.29) is 29.5 Å². The van der Waals surface area contributed by atoms with Crippen LogP contribution in [0.25, 0.3) is 11.5 Å². The van der Waals surface area contributed by atoms with Crippen molar-refractivity contribution in [2.24, 2.45) is 0 Å². The van der Waals surface area contributed by atoms with Gasteiger partial charge in [0.2, 0.25) is 11.7 Å². The number of rotatable bonds is 4. The zero-order chi connectivity index (χ0) is 19.0. The Hall–Kier alpha value is -3.07. The fourth-order valence-electron chi connectivity index (χ4n) is 2.98. The molecule has 0 bridgehead atoms. The molecule has 8 nitrogen and oxygen atoms in total. The van der Waals surface area contributed by atoms with Crippen molar-refractivity contribution < 1.29 is 17.7 Å². The van der Waals surface area contributed by atoms with Crippen molar-refractivity contribution in [3.63, 3.8) is 0 Å². The van der Waals surface area contributed by atoms with E-state index in [0.717, 1.165) is 9.87 Å². The van der Waals surface area contributed by atoms with Crippen molar-refractivity contribution in [3.05, 3.63) is 60.1 Å². The molecule has 1 aromatic carbocycles. The molecule has 0 N–H and O–H groups in total. The molecule has 0 spiro atoms. The van der Waals surface area contributed by atoms with E-state index in [0.29, 0.717) is 5.69 Å². The maximum Gasteiger partial charge on any atom is 0.267 e. The lowest BCUT2D eigenvalue weighted by Gasteiger charge is -2.21. The van der Waals surface area contributed by atoms with E-state index in [2.05, 4.69) is 15.1 Å². The standard InChI is InChI=1S/C18H16N4O4S/c1-12-5-7-13(8-6-12)27(24,25)22-15(9-10-16(22)23)18-20-17(21-26-18)14-4-2-3-11-19-14/h2-8,11,15H,9-10H2,1H3/t15-/m0/s1. The number of amides is 1. The van der Waals surface area contributed by atoms with Crippen molar-refractivity contribution in [1.82, 2.24) is 19.4 Å². The third-order valence-corrected chi connectivity index (χ3v) is 6.20. The molecule has 3 aromatic rings. The summed E-state index contributed by atoms with van der Waals surface area (Å²) >= 11 is 0. The lowest BCUT2D eigenvalue weighted by molar-refractivity contribution is -0.124. The summed E-state index contributed by atoms with van der Waals surface area (Å²) < 4.78 is 32.2. The molecule has 1 fully saturated rings. The van der Waals surface area contributed by atoms with Gasteiger partial charge in [-0.15, -0.1) is 0 Å². The first-order valence-corrected chi connectivity index (χ1v) is 9.80. The number of carbonyl (C=O) groups excluding carboxylic acids is 1. The summed E-state index contributed by atoms with van der Waals surface area (Å²) in [6, 6.07) is 10.8. The summed E-state index contributed by atoms with van der Waals surface area (Å²) in [5.74, 6) is -0.159. The van der Waals surface area contributed by atoms with E-state index in [1.54, 1.807) is 36.5 Å². The molecule has 1 amide bonds. The summed E-state index contributed by atoms with van der Waals surface area (Å²) in [7, 11) is -4.02. The monoisotopic (exact) mass is 384 g/mol. The zero-order valence-corrected chi connectivity index (χ0v) is 15.3. The summed E-state index contributed by atoms with van der Waals surface area (Å²) in [4.78, 5) is 20.8. The highest BCUT2D eigenvalue weighted by molar-refractivity contribution is 7.89. The van der Waals surface area contributed by atoms with Gasteiger partial charge in [-0.1, -0.05) is 28.9 Å². The molecule has 4 rings (SSSR count). The largest absolute Gasteiger partial charge is 0.337 e. The number of sulfonamides is 1. The Morgan fingerprint density at radius 3 is 2.63 bits per heavy atom. The molecule has 0 aliphatic carbocycles. The lowest BCUT2D eigenvalue weighted by Crippen LogP contribution is -2.34. The minimum absolute atomic E-state index is 0.0535. The molecule has 27 heavy (non-hydrogen) atoms. The molecule has 0 radical (unpaired) electrons. The Labute approximate surface area is 155 Å². The van der Waals surface area contributed by atoms with Crippen LogP contribution in [0.3, 0.4) is 0 Å². The highest BCUT2D eigenvalue weighted by Crippen LogP contribution is 2.37. The average molecular weight is 384 g/mol. The Morgan fingerprint density at radius 1 is 1.15 bits per heavy atom. The van der Waals surface area contributed by atoms with Crippen molar-refractivity contribution in [2.45, 2.75) is 30.7 Å². The van der Waals surface area contributed by atoms with Crippen LogP contribution in [0.15, 0.2) is 58.1 Å². The molecule has 0 unspecified atom stereocenters. The van der Waals surface area contributed by atoms with Gasteiger partial charge in [-0.3, -0.25) is 9.78 Å². The number of hydrogen-bond donors (Lipinski definition) is 0. The maximum absolute atomic E-state index is 13.0. The summed E-state index contributed by atoms with van der Waals surface area (Å²) in [5.41, 5.74) is 1.43. The number of benzene rings is 1. The molecular formula is C18H16N4O4S. The van der Waals surface area contributed by atoms with Crippen molar-refractivity contribution >= 4 is 15.9 Å². The van der Waals surface area contributed by atoms with E-state index in [1.165, 1.54) is 12.1 Å². The van der Waals surface area contributed by atoms with Crippen LogP contribution >= 0.6 is 0 Å². The van der Waals surface area contributed by atoms with Gasteiger partial charge in [-0.05, 0) is 37.6 Å². The first kappa shape index (κ1) is 17.3. The molecular weight excluding hydrogens is 368 g/mol. The maximum atomic E-state index is 13.0. The molecule has 2 aromatic heterocycles. The molecule has 1 saturated heterocycles. The van der Waals surface area contributed by atoms with Crippen LogP contribution < -0.4 is 0 Å². The number of pyridine rings is 1. The summed E-state index contributed by atoms with van der Waals surface area (Å²) in [6.07, 6.45) is 1.98. The molecule has 3 heterocycles. The summed E-state index contributed by atoms with van der Waals surface area (Å²) in [6.45, 7) is 1.86. The minimum atomic E-state index is -4.02. The smallest absolute Gasteiger partial charge is 0.267 e. The average Bonchev–Trinajstić information content (AvgIpc) is 3.30. The van der Waals surface area contributed by atoms with Gasteiger partial charge < -0.3 is 4.52 Å². The Kier molecular flexibility index (Phi) is 4.23. The van der Waals surface area contributed by atoms with Gasteiger partial charge in [0, 0.05) is 12.6 Å². The fraction of sp³-hybridized carbons (Fsp3) is 0.222. The van der Waals surface area contributed by atoms with E-state index in [4.69, 9.17) is 4.52 Å². The van der Waals surface area contributed by atoms with Crippen LogP contribution in [0.5, 0.6) is 0 Å². The van der Waals surface area contributed by atoms with Crippen LogP contribution in [-0.2, 0) is 14.8 Å². The minimum Gasteiger partial charge on any atom is -0.337 e. The van der Waals surface area contributed by atoms with Gasteiger partial charge in [-0.25, -0.2) is 12.7 Å². The zero-order valence-electron chi connectivity index (χ0n) is 14.4. The molecule has 138 valence electrons. The van der Waals surface area contributed by atoms with E-state index >= 15 is 0 Å². The van der Waals surface area contributed by atoms with Crippen molar-refractivity contribution in [3.8, 4) is 11.5 Å². The number of aryl methyl sites for hydroxylation is 1. The second-order valence-corrected chi connectivity index (χ2v) is 8.05. The third kappa shape index (κ3) is 3.10. The normalized spacial score (nSPS) is 17.4. The number of carbonyl (C=O) groups is 1. The summed E-state index contributed by atoms with van der Waals surface area (Å²) in [5, 5.41) is 3.88. The van der Waals surface area contributed by atoms with Crippen LogP contribution in [0, 0.1) is 6.92 Å². The number of nitrogens with zero attached hydrogens (tertiary/aromatic N) is 4. The predicted octanol–water partition coefficient (Wildman–Crippen LogP) is 2.49. The van der Waals surface area contributed by atoms with Gasteiger partial charge >= 0.3 is 0 Å². The first-order chi connectivity index (χ1) is 13.0. The Bertz CT molecular complexity index is 1080. The molecule has 0 saturated carbocycles. The molecule has 9 heteroatoms. The second-order valence-electron chi connectivity index (χ2n) is 6.23. The van der Waals surface area contributed by atoms with Gasteiger partial charge in [-0.2, -0.15) is 4.98 Å². The van der Waals surface area contributed by atoms with E-state index in [1.807, 2.05) is 6.92 Å². The molecule has 1 aliphatic heterocycles. The van der Waals surface area contributed by atoms with Crippen LogP contribution in [0.2, 0.25) is 0 Å². The van der Waals surface area contributed by atoms with Crippen LogP contribution in [0.1, 0.15) is 30.3 Å². The van der Waals surface area contributed by atoms with Crippen molar-refractivity contribution in [2.75, 3.05) is 0 Å². The number of aromatic nitrogens is 3. The molecule has 1 aliphatic rings. The topological polar surface area (TPSA) is 106 Å². The second kappa shape index (κ2) is 6.58. The first-order valence-electron chi connectivity index (χ1n) is 8.36. The third-order valence-electron chi connectivity index (χ3n) is 4.36. The van der Waals surface area contributed by atoms with E-state index < -0.39 is 22.0 Å². The highest BCUT2D eigenvalue weighted by atomic mass is 32.2. The SMILES string of the molecule is Cc1ccc(S(=O)(=O)N2C(=O)CC[C@H]2c2nc(-c3ccccn3)no2)cc1. The molecule has 1 atom stereocenters. The van der Waals surface area contributed by atoms with Gasteiger partial charge in [0.1, 0.15) is 11.7 Å². The van der Waals surface area contributed by atoms with Crippen LogP contribution in [0.4, 0.5) is 0 Å². The van der Waals surface area contributed by atoms with Gasteiger partial charge in [0.25, 0.3) is 15.9 Å². The van der Waals surface area contributed by atoms with E-state index in [9.17, 15) is 13.2 Å². The fourth-order valence-corrected chi connectivity index (χ4v) is 4.58. The quantitative estimate of drug-likeness (QED) is 0.680. The van der Waals surface area contributed by atoms with Gasteiger partial charge in [0.05, 0.1) is 4.90 Å². The van der Waals surface area contributed by atoms with Gasteiger partial charge in [0.15, 0.2) is 0 Å². The predicted molar refractivity (Wildman–Crippen MR) is 94.7 cm³/mol. The Morgan fingerprint density at radius 2 is 1.93 bits per heavy atom. The highest BCUT2D eigenvalue weighted by Gasteiger charge is 2.44. The number of hydrogen-bond acceptors (Lipinski definition) is 7. The van der Waals surface area contributed by atoms with Crippen molar-refractivity contribution in [1.29, 1.82) is 0 Å². The van der Waals surface area contributed by atoms with Crippen LogP contribution in [-0.4, -0.2) is 33.8 Å². The lowest BCUT2D eigenvalue weighted by atomic mass is 10.2. The Balaban J connectivity index is 1.70.